The van der Waals surface area contributed by atoms with Gasteiger partial charge in [-0.25, -0.2) is 0 Å². The molecule has 0 atom stereocenters. The van der Waals surface area contributed by atoms with E-state index in [2.05, 4.69) is 36.5 Å². The van der Waals surface area contributed by atoms with Gasteiger partial charge in [-0.2, -0.15) is 0 Å². The SMILES string of the molecule is CCCc1ccc(NCCCCCN)cc1. The Kier molecular flexibility index (Phi) is 6.66. The van der Waals surface area contributed by atoms with E-state index in [0.29, 0.717) is 0 Å². The lowest BCUT2D eigenvalue weighted by molar-refractivity contribution is 0.707. The highest BCUT2D eigenvalue weighted by Crippen LogP contribution is 2.11. The van der Waals surface area contributed by atoms with Gasteiger partial charge in [0.05, 0.1) is 0 Å². The van der Waals surface area contributed by atoms with E-state index < -0.39 is 0 Å². The predicted molar refractivity (Wildman–Crippen MR) is 71.8 cm³/mol. The Morgan fingerprint density at radius 1 is 1.06 bits per heavy atom. The summed E-state index contributed by atoms with van der Waals surface area (Å²) >= 11 is 0. The van der Waals surface area contributed by atoms with Crippen molar-refractivity contribution in [3.8, 4) is 0 Å². The van der Waals surface area contributed by atoms with Gasteiger partial charge in [-0.05, 0) is 43.5 Å². The van der Waals surface area contributed by atoms with E-state index in [4.69, 9.17) is 5.73 Å². The summed E-state index contributed by atoms with van der Waals surface area (Å²) in [6.07, 6.45) is 5.95. The number of unbranched alkanes of at least 4 members (excludes halogenated alkanes) is 2. The van der Waals surface area contributed by atoms with Crippen molar-refractivity contribution in [3.05, 3.63) is 29.8 Å². The van der Waals surface area contributed by atoms with Crippen LogP contribution in [0.15, 0.2) is 24.3 Å². The molecule has 0 saturated heterocycles. The number of hydrogen-bond donors (Lipinski definition) is 2. The molecule has 1 aromatic rings. The smallest absolute Gasteiger partial charge is 0.0340 e. The minimum Gasteiger partial charge on any atom is -0.385 e. The van der Waals surface area contributed by atoms with Crippen molar-refractivity contribution in [2.45, 2.75) is 39.0 Å². The van der Waals surface area contributed by atoms with Crippen LogP contribution in [0.2, 0.25) is 0 Å². The first kappa shape index (κ1) is 13.0. The Morgan fingerprint density at radius 3 is 2.44 bits per heavy atom. The van der Waals surface area contributed by atoms with Gasteiger partial charge in [0.1, 0.15) is 0 Å². The molecule has 90 valence electrons. The molecule has 0 radical (unpaired) electrons. The largest absolute Gasteiger partial charge is 0.385 e. The quantitative estimate of drug-likeness (QED) is 0.660. The Morgan fingerprint density at radius 2 is 1.81 bits per heavy atom. The van der Waals surface area contributed by atoms with Crippen LogP contribution in [0.1, 0.15) is 38.2 Å². The second-order valence-corrected chi connectivity index (χ2v) is 4.22. The Balaban J connectivity index is 2.21. The molecule has 0 aliphatic heterocycles. The van der Waals surface area contributed by atoms with Gasteiger partial charge in [0, 0.05) is 12.2 Å². The molecular weight excluding hydrogens is 196 g/mol. The lowest BCUT2D eigenvalue weighted by atomic mass is 10.1. The zero-order valence-electron chi connectivity index (χ0n) is 10.3. The number of anilines is 1. The Hall–Kier alpha value is -1.02. The van der Waals surface area contributed by atoms with E-state index in [0.717, 1.165) is 19.5 Å². The second-order valence-electron chi connectivity index (χ2n) is 4.22. The van der Waals surface area contributed by atoms with E-state index in [1.54, 1.807) is 0 Å². The average molecular weight is 220 g/mol. The molecule has 0 amide bonds. The molecule has 0 bridgehead atoms. The molecule has 0 fully saturated rings. The first-order valence-electron chi connectivity index (χ1n) is 6.39. The summed E-state index contributed by atoms with van der Waals surface area (Å²) in [5, 5.41) is 3.43. The molecule has 0 unspecified atom stereocenters. The fourth-order valence-corrected chi connectivity index (χ4v) is 1.76. The third-order valence-electron chi connectivity index (χ3n) is 2.70. The average Bonchev–Trinajstić information content (AvgIpc) is 2.31. The van der Waals surface area contributed by atoms with Crippen LogP contribution in [0.25, 0.3) is 0 Å². The Labute approximate surface area is 99.2 Å². The number of aryl methyl sites for hydroxylation is 1. The minimum atomic E-state index is 0.811. The minimum absolute atomic E-state index is 0.811. The molecule has 3 N–H and O–H groups in total. The van der Waals surface area contributed by atoms with Crippen LogP contribution in [0.4, 0.5) is 5.69 Å². The number of rotatable bonds is 8. The topological polar surface area (TPSA) is 38.0 Å². The monoisotopic (exact) mass is 220 g/mol. The highest BCUT2D eigenvalue weighted by atomic mass is 14.9. The summed E-state index contributed by atoms with van der Waals surface area (Å²) in [7, 11) is 0. The fourth-order valence-electron chi connectivity index (χ4n) is 1.76. The summed E-state index contributed by atoms with van der Waals surface area (Å²) in [4.78, 5) is 0. The van der Waals surface area contributed by atoms with Crippen LogP contribution >= 0.6 is 0 Å². The van der Waals surface area contributed by atoms with Gasteiger partial charge in [-0.15, -0.1) is 0 Å². The summed E-state index contributed by atoms with van der Waals surface area (Å²) in [5.41, 5.74) is 8.10. The Bertz CT molecular complexity index is 267. The van der Waals surface area contributed by atoms with Gasteiger partial charge in [0.25, 0.3) is 0 Å². The van der Waals surface area contributed by atoms with Gasteiger partial charge < -0.3 is 11.1 Å². The van der Waals surface area contributed by atoms with Crippen LogP contribution in [0, 0.1) is 0 Å². The summed E-state index contributed by atoms with van der Waals surface area (Å²) in [6.45, 7) is 4.07. The molecule has 0 spiro atoms. The highest BCUT2D eigenvalue weighted by Gasteiger charge is 1.93. The molecule has 1 aromatic carbocycles. The second kappa shape index (κ2) is 8.17. The van der Waals surface area contributed by atoms with Crippen molar-refractivity contribution in [1.82, 2.24) is 0 Å². The van der Waals surface area contributed by atoms with Gasteiger partial charge in [0.2, 0.25) is 0 Å². The van der Waals surface area contributed by atoms with E-state index in [1.165, 1.54) is 36.9 Å². The normalized spacial score (nSPS) is 10.4. The van der Waals surface area contributed by atoms with Crippen molar-refractivity contribution in [3.63, 3.8) is 0 Å². The van der Waals surface area contributed by atoms with E-state index in [-0.39, 0.29) is 0 Å². The molecule has 0 aliphatic carbocycles. The van der Waals surface area contributed by atoms with E-state index in [1.807, 2.05) is 0 Å². The maximum Gasteiger partial charge on any atom is 0.0340 e. The van der Waals surface area contributed by atoms with Crippen molar-refractivity contribution >= 4 is 5.69 Å². The van der Waals surface area contributed by atoms with Crippen molar-refractivity contribution in [2.24, 2.45) is 5.73 Å². The first-order chi connectivity index (χ1) is 7.86. The predicted octanol–water partition coefficient (Wildman–Crippen LogP) is 3.18. The van der Waals surface area contributed by atoms with Gasteiger partial charge in [0.15, 0.2) is 0 Å². The lowest BCUT2D eigenvalue weighted by Crippen LogP contribution is -2.03. The number of nitrogens with two attached hydrogens (primary N) is 1. The van der Waals surface area contributed by atoms with Crippen LogP contribution < -0.4 is 11.1 Å². The van der Waals surface area contributed by atoms with Crippen molar-refractivity contribution in [1.29, 1.82) is 0 Å². The molecule has 0 aliphatic rings. The maximum atomic E-state index is 5.45. The van der Waals surface area contributed by atoms with Gasteiger partial charge in [-0.1, -0.05) is 31.9 Å². The standard InChI is InChI=1S/C14H24N2/c1-2-6-13-7-9-14(10-8-13)16-12-5-3-4-11-15/h7-10,16H,2-6,11-12,15H2,1H3. The van der Waals surface area contributed by atoms with Crippen LogP contribution in [0.3, 0.4) is 0 Å². The number of nitrogens with one attached hydrogen (secondary N) is 1. The van der Waals surface area contributed by atoms with Gasteiger partial charge in [-0.3, -0.25) is 0 Å². The molecule has 1 rings (SSSR count). The molecule has 16 heavy (non-hydrogen) atoms. The fraction of sp³-hybridized carbons (Fsp3) is 0.571. The van der Waals surface area contributed by atoms with Crippen LogP contribution in [-0.2, 0) is 6.42 Å². The van der Waals surface area contributed by atoms with Crippen molar-refractivity contribution in [2.75, 3.05) is 18.4 Å². The molecule has 0 aromatic heterocycles. The zero-order chi connectivity index (χ0) is 11.6. The first-order valence-corrected chi connectivity index (χ1v) is 6.39. The summed E-state index contributed by atoms with van der Waals surface area (Å²) < 4.78 is 0. The van der Waals surface area contributed by atoms with E-state index >= 15 is 0 Å². The molecule has 2 nitrogen and oxygen atoms in total. The van der Waals surface area contributed by atoms with Crippen molar-refractivity contribution < 1.29 is 0 Å². The number of benzene rings is 1. The summed E-state index contributed by atoms with van der Waals surface area (Å²) in [5.74, 6) is 0. The zero-order valence-corrected chi connectivity index (χ0v) is 10.3. The molecular formula is C14H24N2. The third kappa shape index (κ3) is 5.17. The highest BCUT2D eigenvalue weighted by molar-refractivity contribution is 5.44. The number of hydrogen-bond acceptors (Lipinski definition) is 2. The van der Waals surface area contributed by atoms with Crippen LogP contribution in [0.5, 0.6) is 0 Å². The molecule has 0 saturated carbocycles. The summed E-state index contributed by atoms with van der Waals surface area (Å²) in [6, 6.07) is 8.78. The van der Waals surface area contributed by atoms with E-state index in [9.17, 15) is 0 Å². The molecule has 2 heteroatoms. The molecule has 0 heterocycles. The van der Waals surface area contributed by atoms with Gasteiger partial charge >= 0.3 is 0 Å². The lowest BCUT2D eigenvalue weighted by Gasteiger charge is -2.07. The maximum absolute atomic E-state index is 5.45. The van der Waals surface area contributed by atoms with Crippen LogP contribution in [-0.4, -0.2) is 13.1 Å². The third-order valence-corrected chi connectivity index (χ3v) is 2.70.